The van der Waals surface area contributed by atoms with E-state index in [1.54, 1.807) is 0 Å². The molecular formula is C47H29N3O. The summed E-state index contributed by atoms with van der Waals surface area (Å²) in [6.45, 7) is 0. The van der Waals surface area contributed by atoms with Crippen molar-refractivity contribution in [2.75, 3.05) is 0 Å². The molecule has 0 saturated carbocycles. The summed E-state index contributed by atoms with van der Waals surface area (Å²) in [4.78, 5) is 14.9. The molecule has 0 bridgehead atoms. The normalized spacial score (nSPS) is 11.5. The molecule has 10 aromatic rings. The number of furan rings is 1. The highest BCUT2D eigenvalue weighted by molar-refractivity contribution is 6.10. The summed E-state index contributed by atoms with van der Waals surface area (Å²) >= 11 is 0. The lowest BCUT2D eigenvalue weighted by Gasteiger charge is -2.11. The van der Waals surface area contributed by atoms with E-state index in [9.17, 15) is 0 Å². The SMILES string of the molecule is c1ccc(-c2ccc(-c3nc(-c4ccccc4)nc(-c4ccc5c(ccc6cc(-c7ccc8oc9ccccc9c8c7)ccc65)c4)n3)cc2)cc1. The molecule has 0 aliphatic rings. The van der Waals surface area contributed by atoms with Crippen molar-refractivity contribution in [2.24, 2.45) is 0 Å². The zero-order valence-corrected chi connectivity index (χ0v) is 27.5. The number of benzene rings is 8. The Morgan fingerprint density at radius 1 is 0.275 bits per heavy atom. The molecule has 0 saturated heterocycles. The Bertz CT molecular complexity index is 2900. The van der Waals surface area contributed by atoms with Crippen LogP contribution in [0.1, 0.15) is 0 Å². The Balaban J connectivity index is 1.04. The second-order valence-electron chi connectivity index (χ2n) is 12.9. The third-order valence-electron chi connectivity index (χ3n) is 9.72. The lowest BCUT2D eigenvalue weighted by molar-refractivity contribution is 0.669. The van der Waals surface area contributed by atoms with E-state index in [2.05, 4.69) is 127 Å². The molecule has 0 atom stereocenters. The van der Waals surface area contributed by atoms with Gasteiger partial charge in [-0.25, -0.2) is 15.0 Å². The number of fused-ring (bicyclic) bond motifs is 6. The minimum absolute atomic E-state index is 0.644. The summed E-state index contributed by atoms with van der Waals surface area (Å²) in [5, 5.41) is 6.99. The van der Waals surface area contributed by atoms with Crippen LogP contribution in [0.4, 0.5) is 0 Å². The van der Waals surface area contributed by atoms with Gasteiger partial charge in [-0.3, -0.25) is 0 Å². The van der Waals surface area contributed by atoms with Crippen LogP contribution in [0.5, 0.6) is 0 Å². The van der Waals surface area contributed by atoms with Gasteiger partial charge in [0.25, 0.3) is 0 Å². The molecule has 0 N–H and O–H groups in total. The summed E-state index contributed by atoms with van der Waals surface area (Å²) in [6.07, 6.45) is 0. The monoisotopic (exact) mass is 651 g/mol. The van der Waals surface area contributed by atoms with Crippen LogP contribution >= 0.6 is 0 Å². The topological polar surface area (TPSA) is 51.8 Å². The maximum absolute atomic E-state index is 6.07. The van der Waals surface area contributed by atoms with E-state index in [1.807, 2.05) is 48.5 Å². The first-order valence-corrected chi connectivity index (χ1v) is 17.1. The van der Waals surface area contributed by atoms with Crippen molar-refractivity contribution >= 4 is 43.5 Å². The van der Waals surface area contributed by atoms with Gasteiger partial charge >= 0.3 is 0 Å². The largest absolute Gasteiger partial charge is 0.456 e. The molecule has 238 valence electrons. The number of rotatable bonds is 5. The van der Waals surface area contributed by atoms with Crippen LogP contribution in [0.25, 0.3) is 99.9 Å². The van der Waals surface area contributed by atoms with Gasteiger partial charge in [-0.2, -0.15) is 0 Å². The van der Waals surface area contributed by atoms with Gasteiger partial charge in [0.1, 0.15) is 11.2 Å². The predicted octanol–water partition coefficient (Wildman–Crippen LogP) is 12.4. The standard InChI is InChI=1S/C47H29N3O/c1-3-9-30(10-4-1)31-15-17-33(18-16-31)46-48-45(32-11-5-2-6-12-32)49-47(50-46)38-22-25-40-37(28-38)20-19-36-27-34(21-24-39(36)40)35-23-26-44-42(29-35)41-13-7-8-14-43(41)51-44/h1-29H. The Morgan fingerprint density at radius 3 is 1.43 bits per heavy atom. The van der Waals surface area contributed by atoms with E-state index in [0.717, 1.165) is 49.6 Å². The molecule has 51 heavy (non-hydrogen) atoms. The molecule has 0 aliphatic heterocycles. The molecule has 0 spiro atoms. The smallest absolute Gasteiger partial charge is 0.164 e. The van der Waals surface area contributed by atoms with E-state index in [-0.39, 0.29) is 0 Å². The van der Waals surface area contributed by atoms with Crippen molar-refractivity contribution in [2.45, 2.75) is 0 Å². The molecule has 8 aromatic carbocycles. The van der Waals surface area contributed by atoms with Gasteiger partial charge in [-0.15, -0.1) is 0 Å². The van der Waals surface area contributed by atoms with Crippen LogP contribution in [0.15, 0.2) is 180 Å². The third kappa shape index (κ3) is 5.22. The highest BCUT2D eigenvalue weighted by Gasteiger charge is 2.14. The fraction of sp³-hybridized carbons (Fsp3) is 0. The lowest BCUT2D eigenvalue weighted by atomic mass is 9.96. The Hall–Kier alpha value is -6.91. The van der Waals surface area contributed by atoms with Crippen molar-refractivity contribution < 1.29 is 4.42 Å². The quantitative estimate of drug-likeness (QED) is 0.174. The van der Waals surface area contributed by atoms with Crippen molar-refractivity contribution in [1.82, 2.24) is 15.0 Å². The number of para-hydroxylation sites is 1. The zero-order chi connectivity index (χ0) is 33.7. The average molecular weight is 652 g/mol. The third-order valence-corrected chi connectivity index (χ3v) is 9.72. The molecule has 0 aliphatic carbocycles. The molecule has 0 unspecified atom stereocenters. The maximum Gasteiger partial charge on any atom is 0.164 e. The number of hydrogen-bond acceptors (Lipinski definition) is 4. The van der Waals surface area contributed by atoms with Gasteiger partial charge in [-0.1, -0.05) is 146 Å². The summed E-state index contributed by atoms with van der Waals surface area (Å²) in [6, 6.07) is 61.2. The first-order chi connectivity index (χ1) is 25.2. The molecule has 2 aromatic heterocycles. The van der Waals surface area contributed by atoms with E-state index in [0.29, 0.717) is 17.5 Å². The number of hydrogen-bond donors (Lipinski definition) is 0. The molecular weight excluding hydrogens is 623 g/mol. The van der Waals surface area contributed by atoms with Gasteiger partial charge < -0.3 is 4.42 Å². The predicted molar refractivity (Wildman–Crippen MR) is 209 cm³/mol. The lowest BCUT2D eigenvalue weighted by Crippen LogP contribution is -2.00. The van der Waals surface area contributed by atoms with Gasteiger partial charge in [0.2, 0.25) is 0 Å². The molecule has 0 amide bonds. The second kappa shape index (κ2) is 11.9. The highest BCUT2D eigenvalue weighted by atomic mass is 16.3. The molecule has 0 radical (unpaired) electrons. The molecule has 2 heterocycles. The second-order valence-corrected chi connectivity index (χ2v) is 12.9. The van der Waals surface area contributed by atoms with Gasteiger partial charge in [-0.05, 0) is 74.1 Å². The van der Waals surface area contributed by atoms with Gasteiger partial charge in [0.05, 0.1) is 0 Å². The van der Waals surface area contributed by atoms with Crippen LogP contribution < -0.4 is 0 Å². The van der Waals surface area contributed by atoms with E-state index < -0.39 is 0 Å². The van der Waals surface area contributed by atoms with E-state index >= 15 is 0 Å². The highest BCUT2D eigenvalue weighted by Crippen LogP contribution is 2.36. The fourth-order valence-electron chi connectivity index (χ4n) is 7.09. The van der Waals surface area contributed by atoms with Gasteiger partial charge in [0, 0.05) is 27.5 Å². The zero-order valence-electron chi connectivity index (χ0n) is 27.5. The first-order valence-electron chi connectivity index (χ1n) is 17.1. The minimum Gasteiger partial charge on any atom is -0.456 e. The first kappa shape index (κ1) is 29.0. The van der Waals surface area contributed by atoms with Crippen molar-refractivity contribution in [3.8, 4) is 56.4 Å². The van der Waals surface area contributed by atoms with E-state index in [1.165, 1.54) is 32.8 Å². The van der Waals surface area contributed by atoms with Crippen molar-refractivity contribution in [1.29, 1.82) is 0 Å². The summed E-state index contributed by atoms with van der Waals surface area (Å²) in [5.41, 5.74) is 9.33. The van der Waals surface area contributed by atoms with Crippen LogP contribution in [0.2, 0.25) is 0 Å². The van der Waals surface area contributed by atoms with Crippen LogP contribution in [-0.2, 0) is 0 Å². The molecule has 10 rings (SSSR count). The van der Waals surface area contributed by atoms with E-state index in [4.69, 9.17) is 19.4 Å². The van der Waals surface area contributed by atoms with Crippen LogP contribution in [0.3, 0.4) is 0 Å². The molecule has 4 nitrogen and oxygen atoms in total. The minimum atomic E-state index is 0.644. The van der Waals surface area contributed by atoms with Crippen molar-refractivity contribution in [3.63, 3.8) is 0 Å². The molecule has 4 heteroatoms. The van der Waals surface area contributed by atoms with Crippen molar-refractivity contribution in [3.05, 3.63) is 176 Å². The fourth-order valence-corrected chi connectivity index (χ4v) is 7.09. The van der Waals surface area contributed by atoms with Crippen LogP contribution in [0, 0.1) is 0 Å². The Morgan fingerprint density at radius 2 is 0.725 bits per heavy atom. The Kier molecular flexibility index (Phi) is 6.78. The summed E-state index contributed by atoms with van der Waals surface area (Å²) < 4.78 is 6.07. The van der Waals surface area contributed by atoms with Crippen LogP contribution in [-0.4, -0.2) is 15.0 Å². The number of nitrogens with zero attached hydrogens (tertiary/aromatic N) is 3. The number of aromatic nitrogens is 3. The molecule has 0 fully saturated rings. The average Bonchev–Trinajstić information content (AvgIpc) is 3.59. The van der Waals surface area contributed by atoms with Gasteiger partial charge in [0.15, 0.2) is 17.5 Å². The Labute approximate surface area is 294 Å². The summed E-state index contributed by atoms with van der Waals surface area (Å²) in [7, 11) is 0. The maximum atomic E-state index is 6.07. The summed E-state index contributed by atoms with van der Waals surface area (Å²) in [5.74, 6) is 1.94.